The quantitative estimate of drug-likeness (QED) is 0.884. The van der Waals surface area contributed by atoms with Gasteiger partial charge in [0.2, 0.25) is 0 Å². The van der Waals surface area contributed by atoms with Gasteiger partial charge in [-0.3, -0.25) is 0 Å². The van der Waals surface area contributed by atoms with Gasteiger partial charge >= 0.3 is 0 Å². The van der Waals surface area contributed by atoms with Crippen LogP contribution < -0.4 is 5.73 Å². The van der Waals surface area contributed by atoms with Crippen LogP contribution in [0.3, 0.4) is 0 Å². The molecule has 1 aromatic heterocycles. The molecule has 4 nitrogen and oxygen atoms in total. The molecule has 0 fully saturated rings. The molecule has 0 radical (unpaired) electrons. The Morgan fingerprint density at radius 3 is 2.63 bits per heavy atom. The van der Waals surface area contributed by atoms with Crippen LogP contribution in [-0.2, 0) is 15.6 Å². The molecule has 0 bridgehead atoms. The lowest BCUT2D eigenvalue weighted by atomic mass is 10.3. The zero-order valence-electron chi connectivity index (χ0n) is 10.5. The van der Waals surface area contributed by atoms with Gasteiger partial charge in [0, 0.05) is 4.88 Å². The summed E-state index contributed by atoms with van der Waals surface area (Å²) in [5, 5.41) is 0.485. The first-order valence-corrected chi connectivity index (χ1v) is 7.97. The summed E-state index contributed by atoms with van der Waals surface area (Å²) in [6.07, 6.45) is 0. The highest BCUT2D eigenvalue weighted by Crippen LogP contribution is 2.26. The molecule has 0 atom stereocenters. The Kier molecular flexibility index (Phi) is 3.60. The summed E-state index contributed by atoms with van der Waals surface area (Å²) in [5.41, 5.74) is 6.46. The molecule has 1 aromatic carbocycles. The van der Waals surface area contributed by atoms with Crippen molar-refractivity contribution in [1.29, 1.82) is 0 Å². The summed E-state index contributed by atoms with van der Waals surface area (Å²) in [4.78, 5) is 4.97. The van der Waals surface area contributed by atoms with Crippen LogP contribution in [-0.4, -0.2) is 13.4 Å². The SMILES string of the molecule is Cc1nc(CS(=O)(=O)c2cc(F)ccc2N)sc1C. The molecule has 0 amide bonds. The van der Waals surface area contributed by atoms with Gasteiger partial charge in [0.15, 0.2) is 9.84 Å². The van der Waals surface area contributed by atoms with Crippen LogP contribution in [0.5, 0.6) is 0 Å². The van der Waals surface area contributed by atoms with Gasteiger partial charge in [0.05, 0.1) is 16.3 Å². The fourth-order valence-corrected chi connectivity index (χ4v) is 4.31. The number of anilines is 1. The number of nitrogen functional groups attached to an aromatic ring is 1. The molecule has 102 valence electrons. The number of nitrogens with zero attached hydrogens (tertiary/aromatic N) is 1. The highest BCUT2D eigenvalue weighted by molar-refractivity contribution is 7.91. The molecular weight excluding hydrogens is 287 g/mol. The minimum Gasteiger partial charge on any atom is -0.398 e. The third kappa shape index (κ3) is 2.93. The summed E-state index contributed by atoms with van der Waals surface area (Å²) in [5.74, 6) is -0.890. The number of halogens is 1. The first kappa shape index (κ1) is 14.0. The molecule has 0 aliphatic rings. The number of aromatic nitrogens is 1. The maximum atomic E-state index is 13.2. The van der Waals surface area contributed by atoms with E-state index in [1.165, 1.54) is 17.4 Å². The van der Waals surface area contributed by atoms with E-state index in [1.54, 1.807) is 0 Å². The zero-order valence-corrected chi connectivity index (χ0v) is 12.1. The standard InChI is InChI=1S/C12H13FN2O2S2/c1-7-8(2)18-12(15-7)6-19(16,17)11-5-9(13)3-4-10(11)14/h3-5H,6,14H2,1-2H3. The van der Waals surface area contributed by atoms with E-state index in [0.29, 0.717) is 5.01 Å². The second-order valence-corrected chi connectivity index (χ2v) is 7.44. The van der Waals surface area contributed by atoms with Crippen molar-refractivity contribution in [3.05, 3.63) is 39.6 Å². The molecule has 0 saturated carbocycles. The maximum Gasteiger partial charge on any atom is 0.187 e. The highest BCUT2D eigenvalue weighted by atomic mass is 32.2. The molecule has 2 aromatic rings. The van der Waals surface area contributed by atoms with E-state index in [2.05, 4.69) is 4.98 Å². The van der Waals surface area contributed by atoms with Crippen LogP contribution >= 0.6 is 11.3 Å². The molecule has 0 spiro atoms. The fraction of sp³-hybridized carbons (Fsp3) is 0.250. The lowest BCUT2D eigenvalue weighted by Gasteiger charge is -2.06. The second-order valence-electron chi connectivity index (χ2n) is 4.19. The van der Waals surface area contributed by atoms with Crippen LogP contribution in [0.25, 0.3) is 0 Å². The van der Waals surface area contributed by atoms with E-state index in [4.69, 9.17) is 5.73 Å². The molecule has 0 aliphatic carbocycles. The molecule has 7 heteroatoms. The largest absolute Gasteiger partial charge is 0.398 e. The van der Waals surface area contributed by atoms with Crippen molar-refractivity contribution in [2.24, 2.45) is 0 Å². The van der Waals surface area contributed by atoms with Crippen molar-refractivity contribution >= 4 is 26.9 Å². The van der Waals surface area contributed by atoms with Gasteiger partial charge in [-0.2, -0.15) is 0 Å². The summed E-state index contributed by atoms with van der Waals surface area (Å²) in [6, 6.07) is 3.32. The molecule has 1 heterocycles. The Morgan fingerprint density at radius 2 is 2.05 bits per heavy atom. The van der Waals surface area contributed by atoms with Crippen LogP contribution in [0.1, 0.15) is 15.6 Å². The Bertz CT molecular complexity index is 704. The molecule has 2 rings (SSSR count). The Labute approximate surface area is 115 Å². The Morgan fingerprint density at radius 1 is 1.37 bits per heavy atom. The fourth-order valence-electron chi connectivity index (χ4n) is 1.62. The van der Waals surface area contributed by atoms with Crippen molar-refractivity contribution in [2.75, 3.05) is 5.73 Å². The molecule has 0 unspecified atom stereocenters. The average Bonchev–Trinajstić information content (AvgIpc) is 2.60. The number of aryl methyl sites for hydroxylation is 2. The van der Waals surface area contributed by atoms with Crippen LogP contribution in [0.4, 0.5) is 10.1 Å². The van der Waals surface area contributed by atoms with E-state index in [1.807, 2.05) is 13.8 Å². The Hall–Kier alpha value is -1.47. The minimum atomic E-state index is -3.69. The van der Waals surface area contributed by atoms with Crippen molar-refractivity contribution in [3.8, 4) is 0 Å². The number of hydrogen-bond donors (Lipinski definition) is 1. The van der Waals surface area contributed by atoms with Gasteiger partial charge in [-0.05, 0) is 32.0 Å². The predicted molar refractivity (Wildman–Crippen MR) is 73.3 cm³/mol. The van der Waals surface area contributed by atoms with E-state index in [-0.39, 0.29) is 16.3 Å². The third-order valence-electron chi connectivity index (χ3n) is 2.70. The molecule has 0 aliphatic heterocycles. The maximum absolute atomic E-state index is 13.2. The van der Waals surface area contributed by atoms with E-state index < -0.39 is 15.7 Å². The first-order valence-electron chi connectivity index (χ1n) is 5.50. The van der Waals surface area contributed by atoms with Crippen molar-refractivity contribution in [3.63, 3.8) is 0 Å². The molecular formula is C12H13FN2O2S2. The number of thiazole rings is 1. The van der Waals surface area contributed by atoms with Crippen molar-refractivity contribution < 1.29 is 12.8 Å². The van der Waals surface area contributed by atoms with E-state index >= 15 is 0 Å². The topological polar surface area (TPSA) is 73.0 Å². The van der Waals surface area contributed by atoms with Gasteiger partial charge in [0.25, 0.3) is 0 Å². The lowest BCUT2D eigenvalue weighted by Crippen LogP contribution is -2.08. The van der Waals surface area contributed by atoms with E-state index in [0.717, 1.165) is 22.7 Å². The number of nitrogens with two attached hydrogens (primary N) is 1. The van der Waals surface area contributed by atoms with Crippen LogP contribution in [0.2, 0.25) is 0 Å². The molecule has 2 N–H and O–H groups in total. The van der Waals surface area contributed by atoms with Gasteiger partial charge in [-0.25, -0.2) is 17.8 Å². The second kappa shape index (κ2) is 4.90. The molecule has 19 heavy (non-hydrogen) atoms. The van der Waals surface area contributed by atoms with Crippen molar-refractivity contribution in [1.82, 2.24) is 4.98 Å². The number of rotatable bonds is 3. The summed E-state index contributed by atoms with van der Waals surface area (Å²) in [7, 11) is -3.69. The minimum absolute atomic E-state index is 0.0476. The average molecular weight is 300 g/mol. The summed E-state index contributed by atoms with van der Waals surface area (Å²) < 4.78 is 37.6. The lowest BCUT2D eigenvalue weighted by molar-refractivity contribution is 0.590. The smallest absolute Gasteiger partial charge is 0.187 e. The van der Waals surface area contributed by atoms with Gasteiger partial charge in [0.1, 0.15) is 16.6 Å². The normalized spacial score (nSPS) is 11.7. The van der Waals surface area contributed by atoms with Crippen LogP contribution in [0.15, 0.2) is 23.1 Å². The number of benzene rings is 1. The monoisotopic (exact) mass is 300 g/mol. The highest BCUT2D eigenvalue weighted by Gasteiger charge is 2.21. The van der Waals surface area contributed by atoms with Gasteiger partial charge in [-0.15, -0.1) is 11.3 Å². The summed E-state index contributed by atoms with van der Waals surface area (Å²) in [6.45, 7) is 3.69. The molecule has 0 saturated heterocycles. The number of sulfone groups is 1. The van der Waals surface area contributed by atoms with Gasteiger partial charge < -0.3 is 5.73 Å². The summed E-state index contributed by atoms with van der Waals surface area (Å²) >= 11 is 1.32. The third-order valence-corrected chi connectivity index (χ3v) is 5.63. The first-order chi connectivity index (χ1) is 8.79. The van der Waals surface area contributed by atoms with Crippen LogP contribution in [0, 0.1) is 19.7 Å². The number of hydrogen-bond acceptors (Lipinski definition) is 5. The van der Waals surface area contributed by atoms with E-state index in [9.17, 15) is 12.8 Å². The zero-order chi connectivity index (χ0) is 14.2. The predicted octanol–water partition coefficient (Wildman–Crippen LogP) is 2.46. The Balaban J connectivity index is 2.40. The van der Waals surface area contributed by atoms with Crippen molar-refractivity contribution in [2.45, 2.75) is 24.5 Å². The van der Waals surface area contributed by atoms with Gasteiger partial charge in [-0.1, -0.05) is 0 Å².